The zero-order chi connectivity index (χ0) is 24.6. The van der Waals surface area contributed by atoms with Crippen LogP contribution in [0, 0.1) is 0 Å². The lowest BCUT2D eigenvalue weighted by atomic mass is 10.0. The molecule has 0 atom stereocenters. The minimum atomic E-state index is -0.158. The van der Waals surface area contributed by atoms with E-state index in [1.807, 2.05) is 35.2 Å². The summed E-state index contributed by atoms with van der Waals surface area (Å²) >= 11 is 6.00. The Morgan fingerprint density at radius 1 is 1.06 bits per heavy atom. The van der Waals surface area contributed by atoms with E-state index < -0.39 is 0 Å². The Hall–Kier alpha value is -3.22. The fourth-order valence-electron chi connectivity index (χ4n) is 4.46. The van der Waals surface area contributed by atoms with Gasteiger partial charge in [-0.1, -0.05) is 41.9 Å². The number of aromatic nitrogens is 1. The van der Waals surface area contributed by atoms with Gasteiger partial charge in [0.1, 0.15) is 0 Å². The van der Waals surface area contributed by atoms with Gasteiger partial charge < -0.3 is 15.1 Å². The van der Waals surface area contributed by atoms with Gasteiger partial charge in [-0.25, -0.2) is 4.79 Å². The number of amides is 2. The van der Waals surface area contributed by atoms with Crippen molar-refractivity contribution in [2.24, 2.45) is 0 Å². The van der Waals surface area contributed by atoms with E-state index in [9.17, 15) is 9.59 Å². The topological polar surface area (TPSA) is 65.5 Å². The Labute approximate surface area is 211 Å². The van der Waals surface area contributed by atoms with Crippen molar-refractivity contribution in [1.82, 2.24) is 14.8 Å². The molecule has 2 amide bonds. The van der Waals surface area contributed by atoms with Crippen molar-refractivity contribution in [2.45, 2.75) is 38.8 Å². The molecule has 4 rings (SSSR count). The number of nitrogens with zero attached hydrogens (tertiary/aromatic N) is 3. The highest BCUT2D eigenvalue weighted by Crippen LogP contribution is 2.22. The predicted molar refractivity (Wildman–Crippen MR) is 140 cm³/mol. The van der Waals surface area contributed by atoms with Crippen LogP contribution in [0.1, 0.15) is 41.3 Å². The SMILES string of the molecule is CC(=O)c1cccc(NC(=O)N(Cc2cccnc2)C2CCN(CCc3ccc(Cl)cc3)CC2)c1. The first kappa shape index (κ1) is 24.9. The van der Waals surface area contributed by atoms with E-state index in [-0.39, 0.29) is 17.9 Å². The highest BCUT2D eigenvalue weighted by atomic mass is 35.5. The molecule has 0 radical (unpaired) electrons. The van der Waals surface area contributed by atoms with Gasteiger partial charge in [0, 0.05) is 60.9 Å². The molecule has 182 valence electrons. The van der Waals surface area contributed by atoms with Crippen LogP contribution in [-0.4, -0.2) is 52.3 Å². The molecule has 0 aliphatic carbocycles. The van der Waals surface area contributed by atoms with Crippen molar-refractivity contribution in [3.05, 3.63) is 94.8 Å². The molecule has 0 bridgehead atoms. The maximum absolute atomic E-state index is 13.4. The number of urea groups is 1. The zero-order valence-corrected chi connectivity index (χ0v) is 20.7. The zero-order valence-electron chi connectivity index (χ0n) is 20.0. The summed E-state index contributed by atoms with van der Waals surface area (Å²) in [6.45, 7) is 4.88. The smallest absolute Gasteiger partial charge is 0.317 e. The molecule has 1 fully saturated rings. The number of nitrogens with one attached hydrogen (secondary N) is 1. The third-order valence-electron chi connectivity index (χ3n) is 6.48. The van der Waals surface area contributed by atoms with E-state index in [1.54, 1.807) is 30.6 Å². The Bertz CT molecular complexity index is 1130. The summed E-state index contributed by atoms with van der Waals surface area (Å²) in [5.41, 5.74) is 3.47. The number of Topliss-reactive ketones (excluding diaryl/α,β-unsaturated/α-hetero) is 1. The first-order valence-corrected chi connectivity index (χ1v) is 12.4. The molecule has 2 heterocycles. The monoisotopic (exact) mass is 490 g/mol. The van der Waals surface area contributed by atoms with E-state index in [0.717, 1.165) is 49.5 Å². The molecule has 35 heavy (non-hydrogen) atoms. The van der Waals surface area contributed by atoms with Gasteiger partial charge in [-0.15, -0.1) is 0 Å². The summed E-state index contributed by atoms with van der Waals surface area (Å²) in [7, 11) is 0. The lowest BCUT2D eigenvalue weighted by Crippen LogP contribution is -2.48. The second-order valence-electron chi connectivity index (χ2n) is 9.01. The number of pyridine rings is 1. The minimum Gasteiger partial charge on any atom is -0.317 e. The van der Waals surface area contributed by atoms with Gasteiger partial charge in [0.25, 0.3) is 0 Å². The predicted octanol–water partition coefficient (Wildman–Crippen LogP) is 5.68. The quantitative estimate of drug-likeness (QED) is 0.412. The van der Waals surface area contributed by atoms with Gasteiger partial charge in [-0.2, -0.15) is 0 Å². The van der Waals surface area contributed by atoms with Crippen LogP contribution in [0.3, 0.4) is 0 Å². The van der Waals surface area contributed by atoms with E-state index in [2.05, 4.69) is 27.3 Å². The summed E-state index contributed by atoms with van der Waals surface area (Å²) in [5.74, 6) is -0.0284. The molecule has 0 spiro atoms. The second-order valence-corrected chi connectivity index (χ2v) is 9.44. The Kier molecular flexibility index (Phi) is 8.50. The van der Waals surface area contributed by atoms with E-state index >= 15 is 0 Å². The molecule has 1 saturated heterocycles. The summed E-state index contributed by atoms with van der Waals surface area (Å²) in [4.78, 5) is 33.7. The molecule has 2 aromatic carbocycles. The van der Waals surface area contributed by atoms with E-state index in [1.165, 1.54) is 12.5 Å². The first-order chi connectivity index (χ1) is 17.0. The number of carbonyl (C=O) groups excluding carboxylic acids is 2. The Morgan fingerprint density at radius 3 is 2.51 bits per heavy atom. The lowest BCUT2D eigenvalue weighted by Gasteiger charge is -2.38. The van der Waals surface area contributed by atoms with Gasteiger partial charge in [0.05, 0.1) is 0 Å². The van der Waals surface area contributed by atoms with E-state index in [4.69, 9.17) is 11.6 Å². The lowest BCUT2D eigenvalue weighted by molar-refractivity contribution is 0.101. The minimum absolute atomic E-state index is 0.0284. The number of hydrogen-bond acceptors (Lipinski definition) is 4. The molecule has 0 unspecified atom stereocenters. The van der Waals surface area contributed by atoms with Gasteiger partial charge in [0.15, 0.2) is 5.78 Å². The van der Waals surface area contributed by atoms with Crippen LogP contribution in [0.25, 0.3) is 0 Å². The van der Waals surface area contributed by atoms with E-state index in [0.29, 0.717) is 17.8 Å². The number of ketones is 1. The van der Waals surface area contributed by atoms with Crippen LogP contribution < -0.4 is 5.32 Å². The van der Waals surface area contributed by atoms with Crippen LogP contribution in [0.2, 0.25) is 5.02 Å². The Balaban J connectivity index is 1.40. The number of piperidine rings is 1. The number of rotatable bonds is 8. The molecule has 1 aromatic heterocycles. The molecule has 6 nitrogen and oxygen atoms in total. The number of anilines is 1. The highest BCUT2D eigenvalue weighted by Gasteiger charge is 2.28. The van der Waals surface area contributed by atoms with Crippen molar-refractivity contribution >= 4 is 29.1 Å². The van der Waals surface area contributed by atoms with Gasteiger partial charge >= 0.3 is 6.03 Å². The third kappa shape index (κ3) is 7.13. The molecule has 3 aromatic rings. The van der Waals surface area contributed by atoms with Crippen molar-refractivity contribution in [3.63, 3.8) is 0 Å². The summed E-state index contributed by atoms with van der Waals surface area (Å²) in [6.07, 6.45) is 6.33. The maximum Gasteiger partial charge on any atom is 0.322 e. The average molecular weight is 491 g/mol. The highest BCUT2D eigenvalue weighted by molar-refractivity contribution is 6.30. The van der Waals surface area contributed by atoms with Crippen molar-refractivity contribution in [2.75, 3.05) is 25.0 Å². The first-order valence-electron chi connectivity index (χ1n) is 12.0. The van der Waals surface area contributed by atoms with Crippen LogP contribution in [0.4, 0.5) is 10.5 Å². The summed E-state index contributed by atoms with van der Waals surface area (Å²) in [6, 6.07) is 19.0. The van der Waals surface area contributed by atoms with Crippen LogP contribution in [-0.2, 0) is 13.0 Å². The van der Waals surface area contributed by atoms with Gasteiger partial charge in [-0.05, 0) is 67.6 Å². The molecule has 0 saturated carbocycles. The average Bonchev–Trinajstić information content (AvgIpc) is 2.88. The van der Waals surface area contributed by atoms with Gasteiger partial charge in [0.2, 0.25) is 0 Å². The summed E-state index contributed by atoms with van der Waals surface area (Å²) < 4.78 is 0. The molecule has 1 aliphatic heterocycles. The van der Waals surface area contributed by atoms with Crippen molar-refractivity contribution < 1.29 is 9.59 Å². The molecular formula is C28H31ClN4O2. The normalized spacial score (nSPS) is 14.5. The number of likely N-dealkylation sites (tertiary alicyclic amines) is 1. The molecular weight excluding hydrogens is 460 g/mol. The number of halogens is 1. The van der Waals surface area contributed by atoms with Gasteiger partial charge in [-0.3, -0.25) is 9.78 Å². The fraction of sp³-hybridized carbons (Fsp3) is 0.321. The van der Waals surface area contributed by atoms with Crippen molar-refractivity contribution in [1.29, 1.82) is 0 Å². The fourth-order valence-corrected chi connectivity index (χ4v) is 4.59. The Morgan fingerprint density at radius 2 is 1.83 bits per heavy atom. The number of hydrogen-bond donors (Lipinski definition) is 1. The standard InChI is InChI=1S/C28H31ClN4O2/c1-21(34)24-5-2-6-26(18-24)31-28(35)33(20-23-4-3-14-30-19-23)27-12-16-32(17-13-27)15-11-22-7-9-25(29)10-8-22/h2-10,14,18-19,27H,11-13,15-17,20H2,1H3,(H,31,35). The molecule has 1 aliphatic rings. The second kappa shape index (κ2) is 12.0. The third-order valence-corrected chi connectivity index (χ3v) is 6.74. The van der Waals surface area contributed by atoms with Crippen LogP contribution in [0.15, 0.2) is 73.1 Å². The molecule has 1 N–H and O–H groups in total. The maximum atomic E-state index is 13.4. The number of carbonyl (C=O) groups is 2. The number of benzene rings is 2. The van der Waals surface area contributed by atoms with Crippen molar-refractivity contribution in [3.8, 4) is 0 Å². The summed E-state index contributed by atoms with van der Waals surface area (Å²) in [5, 5.41) is 3.77. The van der Waals surface area contributed by atoms with Crippen LogP contribution >= 0.6 is 11.6 Å². The van der Waals surface area contributed by atoms with Crippen LogP contribution in [0.5, 0.6) is 0 Å². The molecule has 7 heteroatoms. The largest absolute Gasteiger partial charge is 0.322 e.